The van der Waals surface area contributed by atoms with E-state index in [0.29, 0.717) is 23.0 Å². The normalized spacial score (nSPS) is 15.3. The van der Waals surface area contributed by atoms with Gasteiger partial charge >= 0.3 is 0 Å². The molecule has 1 heterocycles. The molecule has 4 nitrogen and oxygen atoms in total. The zero-order valence-corrected chi connectivity index (χ0v) is 15.4. The second-order valence-corrected chi connectivity index (χ2v) is 7.10. The maximum Gasteiger partial charge on any atom is 0.217 e. The number of nitrogens with one attached hydrogen (secondary N) is 1. The van der Waals surface area contributed by atoms with E-state index in [2.05, 4.69) is 21.9 Å². The second-order valence-electron chi connectivity index (χ2n) is 6.73. The lowest BCUT2D eigenvalue weighted by molar-refractivity contribution is 0.140. The summed E-state index contributed by atoms with van der Waals surface area (Å²) >= 11 is 5.45. The first-order valence-electron chi connectivity index (χ1n) is 8.86. The van der Waals surface area contributed by atoms with Crippen molar-refractivity contribution in [2.45, 2.75) is 38.5 Å². The summed E-state index contributed by atoms with van der Waals surface area (Å²) in [5.41, 5.74) is 1.71. The van der Waals surface area contributed by atoms with Gasteiger partial charge in [0.25, 0.3) is 0 Å². The fraction of sp³-hybridized carbons (Fsp3) is 0.300. The lowest BCUT2D eigenvalue weighted by Gasteiger charge is -2.29. The Hall–Kier alpha value is -2.31. The lowest BCUT2D eigenvalue weighted by Crippen LogP contribution is -2.32. The van der Waals surface area contributed by atoms with Crippen molar-refractivity contribution in [3.8, 4) is 11.4 Å². The van der Waals surface area contributed by atoms with Gasteiger partial charge in [-0.15, -0.1) is 0 Å². The highest BCUT2D eigenvalue weighted by Crippen LogP contribution is 2.35. The summed E-state index contributed by atoms with van der Waals surface area (Å²) in [7, 11) is 0. The standard InChI is InChI=1S/C20H21FN4S/c1-14(17-9-5-6-10-18(17)21)24(16-11-12-16)13-25-20(26)22-19(23-25)15-7-3-2-4-8-15/h2-10,14,16H,11-13H2,1H3,(H,22,23,26)/t14-/m1/s1. The highest BCUT2D eigenvalue weighted by Gasteiger charge is 2.34. The zero-order chi connectivity index (χ0) is 18.1. The monoisotopic (exact) mass is 368 g/mol. The maximum atomic E-state index is 14.3. The Kier molecular flexibility index (Phi) is 4.70. The molecule has 1 fully saturated rings. The Morgan fingerprint density at radius 2 is 1.88 bits per heavy atom. The number of hydrogen-bond donors (Lipinski definition) is 1. The molecule has 3 aromatic rings. The van der Waals surface area contributed by atoms with E-state index in [1.54, 1.807) is 6.07 Å². The quantitative estimate of drug-likeness (QED) is 0.627. The van der Waals surface area contributed by atoms with Crippen LogP contribution < -0.4 is 0 Å². The molecule has 2 aromatic carbocycles. The molecular weight excluding hydrogens is 347 g/mol. The van der Waals surface area contributed by atoms with Crippen LogP contribution in [0, 0.1) is 10.6 Å². The highest BCUT2D eigenvalue weighted by molar-refractivity contribution is 7.71. The number of aromatic amines is 1. The molecule has 26 heavy (non-hydrogen) atoms. The van der Waals surface area contributed by atoms with E-state index in [4.69, 9.17) is 12.2 Å². The maximum absolute atomic E-state index is 14.3. The predicted molar refractivity (Wildman–Crippen MR) is 103 cm³/mol. The Labute approximate surface area is 157 Å². The predicted octanol–water partition coefficient (Wildman–Crippen LogP) is 4.93. The van der Waals surface area contributed by atoms with E-state index in [1.807, 2.05) is 47.1 Å². The van der Waals surface area contributed by atoms with Crippen LogP contribution in [0.2, 0.25) is 0 Å². The molecule has 1 aliphatic rings. The fourth-order valence-corrected chi connectivity index (χ4v) is 3.49. The number of hydrogen-bond acceptors (Lipinski definition) is 3. The Bertz CT molecular complexity index is 946. The molecule has 134 valence electrons. The van der Waals surface area contributed by atoms with Gasteiger partial charge in [-0.2, -0.15) is 4.98 Å². The SMILES string of the molecule is C[C@H](c1ccccc1F)N(Cn1[nH]c(-c2ccccc2)nc1=S)C1CC1. The average Bonchev–Trinajstić information content (AvgIpc) is 3.43. The molecule has 1 N–H and O–H groups in total. The van der Waals surface area contributed by atoms with Crippen molar-refractivity contribution in [2.75, 3.05) is 0 Å². The smallest absolute Gasteiger partial charge is 0.217 e. The molecule has 1 aliphatic carbocycles. The van der Waals surface area contributed by atoms with Crippen LogP contribution in [0.15, 0.2) is 54.6 Å². The summed E-state index contributed by atoms with van der Waals surface area (Å²) in [6, 6.07) is 17.3. The molecule has 1 aromatic heterocycles. The zero-order valence-electron chi connectivity index (χ0n) is 14.6. The third-order valence-electron chi connectivity index (χ3n) is 4.90. The van der Waals surface area contributed by atoms with E-state index in [9.17, 15) is 4.39 Å². The van der Waals surface area contributed by atoms with Gasteiger partial charge in [0.1, 0.15) is 5.82 Å². The molecule has 6 heteroatoms. The van der Waals surface area contributed by atoms with Crippen molar-refractivity contribution < 1.29 is 4.39 Å². The molecular formula is C20H21FN4S. The molecule has 0 amide bonds. The molecule has 1 atom stereocenters. The van der Waals surface area contributed by atoms with Crippen molar-refractivity contribution in [2.24, 2.45) is 0 Å². The van der Waals surface area contributed by atoms with Crippen LogP contribution in [0.5, 0.6) is 0 Å². The van der Waals surface area contributed by atoms with Gasteiger partial charge in [0, 0.05) is 23.2 Å². The Morgan fingerprint density at radius 1 is 1.19 bits per heavy atom. The van der Waals surface area contributed by atoms with E-state index in [-0.39, 0.29) is 11.9 Å². The molecule has 0 bridgehead atoms. The molecule has 0 saturated heterocycles. The third kappa shape index (κ3) is 3.48. The van der Waals surface area contributed by atoms with Gasteiger partial charge < -0.3 is 0 Å². The second kappa shape index (κ2) is 7.13. The largest absolute Gasteiger partial charge is 0.278 e. The van der Waals surface area contributed by atoms with E-state index in [0.717, 1.165) is 24.2 Å². The molecule has 0 radical (unpaired) electrons. The summed E-state index contributed by atoms with van der Waals surface area (Å²) in [6.45, 7) is 2.62. The van der Waals surface area contributed by atoms with Crippen molar-refractivity contribution >= 4 is 12.2 Å². The lowest BCUT2D eigenvalue weighted by atomic mass is 10.1. The minimum absolute atomic E-state index is 0.0333. The van der Waals surface area contributed by atoms with Gasteiger partial charge in [-0.3, -0.25) is 10.00 Å². The number of nitrogens with zero attached hydrogens (tertiary/aromatic N) is 3. The minimum atomic E-state index is -0.163. The summed E-state index contributed by atoms with van der Waals surface area (Å²) in [4.78, 5) is 6.78. The van der Waals surface area contributed by atoms with Crippen molar-refractivity contribution in [1.29, 1.82) is 0 Å². The van der Waals surface area contributed by atoms with Gasteiger partial charge in [-0.05, 0) is 38.0 Å². The van der Waals surface area contributed by atoms with Crippen molar-refractivity contribution in [3.05, 3.63) is 70.7 Å². The summed E-state index contributed by atoms with van der Waals surface area (Å²) < 4.78 is 16.6. The van der Waals surface area contributed by atoms with Crippen molar-refractivity contribution in [3.63, 3.8) is 0 Å². The van der Waals surface area contributed by atoms with Gasteiger partial charge in [-0.25, -0.2) is 9.07 Å². The molecule has 4 rings (SSSR count). The highest BCUT2D eigenvalue weighted by atomic mass is 32.1. The van der Waals surface area contributed by atoms with Crippen LogP contribution in [0.4, 0.5) is 4.39 Å². The van der Waals surface area contributed by atoms with Gasteiger partial charge in [-0.1, -0.05) is 48.5 Å². The molecule has 0 spiro atoms. The van der Waals surface area contributed by atoms with E-state index in [1.165, 1.54) is 6.07 Å². The topological polar surface area (TPSA) is 36.9 Å². The first-order chi connectivity index (χ1) is 12.6. The fourth-order valence-electron chi connectivity index (χ4n) is 3.29. The number of benzene rings is 2. The summed E-state index contributed by atoms with van der Waals surface area (Å²) in [5.74, 6) is 0.591. The first kappa shape index (κ1) is 17.1. The van der Waals surface area contributed by atoms with Crippen LogP contribution in [-0.2, 0) is 6.67 Å². The number of H-pyrrole nitrogens is 1. The Balaban J connectivity index is 1.61. The summed E-state index contributed by atoms with van der Waals surface area (Å²) in [5, 5.41) is 3.30. The van der Waals surface area contributed by atoms with Crippen LogP contribution in [0.3, 0.4) is 0 Å². The summed E-state index contributed by atoms with van der Waals surface area (Å²) in [6.07, 6.45) is 2.26. The van der Waals surface area contributed by atoms with E-state index < -0.39 is 0 Å². The van der Waals surface area contributed by atoms with E-state index >= 15 is 0 Å². The number of aromatic nitrogens is 3. The Morgan fingerprint density at radius 3 is 2.58 bits per heavy atom. The van der Waals surface area contributed by atoms with Gasteiger partial charge in [0.2, 0.25) is 4.77 Å². The minimum Gasteiger partial charge on any atom is -0.278 e. The molecule has 0 aliphatic heterocycles. The van der Waals surface area contributed by atoms with Crippen LogP contribution in [0.1, 0.15) is 31.4 Å². The van der Waals surface area contributed by atoms with Crippen LogP contribution >= 0.6 is 12.2 Å². The number of halogens is 1. The number of rotatable bonds is 6. The van der Waals surface area contributed by atoms with Crippen LogP contribution in [-0.4, -0.2) is 25.7 Å². The third-order valence-corrected chi connectivity index (χ3v) is 5.21. The molecule has 1 saturated carbocycles. The van der Waals surface area contributed by atoms with Gasteiger partial charge in [0.15, 0.2) is 5.82 Å². The van der Waals surface area contributed by atoms with Crippen LogP contribution in [0.25, 0.3) is 11.4 Å². The van der Waals surface area contributed by atoms with Gasteiger partial charge in [0.05, 0.1) is 6.67 Å². The van der Waals surface area contributed by atoms with Crippen molar-refractivity contribution in [1.82, 2.24) is 19.7 Å². The average molecular weight is 368 g/mol. The molecule has 0 unspecified atom stereocenters. The first-order valence-corrected chi connectivity index (χ1v) is 9.27.